The summed E-state index contributed by atoms with van der Waals surface area (Å²) >= 11 is 0. The van der Waals surface area contributed by atoms with E-state index in [1.807, 2.05) is 0 Å². The van der Waals surface area contributed by atoms with E-state index < -0.39 is 0 Å². The second-order valence-corrected chi connectivity index (χ2v) is 3.13. The van der Waals surface area contributed by atoms with Gasteiger partial charge in [0.25, 0.3) is 0 Å². The van der Waals surface area contributed by atoms with E-state index in [1.54, 1.807) is 0 Å². The van der Waals surface area contributed by atoms with Crippen LogP contribution in [0.25, 0.3) is 0 Å². The molecule has 0 aromatic rings. The Bertz CT molecular complexity index is 57.7. The van der Waals surface area contributed by atoms with Crippen LogP contribution in [0, 0.1) is 18.8 Å². The molecule has 1 aliphatic carbocycles. The molecule has 0 saturated heterocycles. The largest absolute Gasteiger partial charge is 2.00 e. The van der Waals surface area contributed by atoms with Gasteiger partial charge in [0.1, 0.15) is 0 Å². The Labute approximate surface area is 91.1 Å². The molecule has 0 bridgehead atoms. The van der Waals surface area contributed by atoms with Crippen LogP contribution in [0.4, 0.5) is 0 Å². The van der Waals surface area contributed by atoms with Gasteiger partial charge in [-0.25, -0.2) is 0 Å². The van der Waals surface area contributed by atoms with E-state index in [4.69, 9.17) is 0 Å². The van der Waals surface area contributed by atoms with Gasteiger partial charge in [0.15, 0.2) is 0 Å². The zero-order valence-electron chi connectivity index (χ0n) is 6.78. The summed E-state index contributed by atoms with van der Waals surface area (Å²) in [6, 6.07) is 0. The molecule has 0 atom stereocenters. The summed E-state index contributed by atoms with van der Waals surface area (Å²) in [5.74, 6) is 1.75. The third kappa shape index (κ3) is 4.97. The van der Waals surface area contributed by atoms with Crippen LogP contribution in [0.15, 0.2) is 0 Å². The predicted octanol–water partition coefficient (Wildman–Crippen LogP) is -0.730. The Kier molecular flexibility index (Phi) is 9.57. The number of halogens is 1. The SMILES string of the molecule is [Br-].[CH2-]C1CCC(C)CC1.[Mg+2]. The molecule has 0 heterocycles. The Hall–Kier alpha value is 1.25. The molecule has 1 aliphatic rings. The zero-order valence-corrected chi connectivity index (χ0v) is 9.78. The van der Waals surface area contributed by atoms with E-state index >= 15 is 0 Å². The topological polar surface area (TPSA) is 0 Å². The minimum absolute atomic E-state index is 0. The Morgan fingerprint density at radius 2 is 1.50 bits per heavy atom. The quantitative estimate of drug-likeness (QED) is 0.369. The Balaban J connectivity index is 0. The van der Waals surface area contributed by atoms with Crippen LogP contribution in [0.2, 0.25) is 0 Å². The Morgan fingerprint density at radius 1 is 1.10 bits per heavy atom. The van der Waals surface area contributed by atoms with Gasteiger partial charge in [-0.1, -0.05) is 32.6 Å². The smallest absolute Gasteiger partial charge is 1.00 e. The molecule has 0 N–H and O–H groups in total. The van der Waals surface area contributed by atoms with Crippen molar-refractivity contribution in [2.45, 2.75) is 32.6 Å². The molecule has 1 saturated carbocycles. The van der Waals surface area contributed by atoms with Crippen molar-refractivity contribution in [2.75, 3.05) is 0 Å². The fraction of sp³-hybridized carbons (Fsp3) is 0.875. The van der Waals surface area contributed by atoms with Gasteiger partial charge in [0, 0.05) is 0 Å². The summed E-state index contributed by atoms with van der Waals surface area (Å²) in [7, 11) is 0. The first-order valence-corrected chi connectivity index (χ1v) is 3.62. The first-order valence-electron chi connectivity index (χ1n) is 3.62. The first-order chi connectivity index (χ1) is 3.79. The minimum Gasteiger partial charge on any atom is -1.00 e. The third-order valence-electron chi connectivity index (χ3n) is 2.14. The molecular formula is C8H15BrMg. The van der Waals surface area contributed by atoms with Gasteiger partial charge < -0.3 is 23.9 Å². The predicted molar refractivity (Wildman–Crippen MR) is 42.2 cm³/mol. The molecule has 10 heavy (non-hydrogen) atoms. The molecule has 1 fully saturated rings. The average molecular weight is 215 g/mol. The fourth-order valence-electron chi connectivity index (χ4n) is 1.33. The summed E-state index contributed by atoms with van der Waals surface area (Å²) in [6.07, 6.45) is 5.55. The van der Waals surface area contributed by atoms with Crippen molar-refractivity contribution >= 4 is 23.1 Å². The van der Waals surface area contributed by atoms with Crippen LogP contribution in [-0.4, -0.2) is 23.1 Å². The number of hydrogen-bond acceptors (Lipinski definition) is 0. The van der Waals surface area contributed by atoms with E-state index in [1.165, 1.54) is 25.7 Å². The van der Waals surface area contributed by atoms with Gasteiger partial charge >= 0.3 is 23.1 Å². The van der Waals surface area contributed by atoms with Crippen molar-refractivity contribution in [1.82, 2.24) is 0 Å². The maximum absolute atomic E-state index is 4.03. The van der Waals surface area contributed by atoms with Crippen LogP contribution < -0.4 is 17.0 Å². The summed E-state index contributed by atoms with van der Waals surface area (Å²) in [5.41, 5.74) is 0. The average Bonchev–Trinajstić information content (AvgIpc) is 1.77. The van der Waals surface area contributed by atoms with Gasteiger partial charge in [-0.2, -0.15) is 5.92 Å². The van der Waals surface area contributed by atoms with Crippen LogP contribution in [-0.2, 0) is 0 Å². The molecule has 0 aromatic heterocycles. The van der Waals surface area contributed by atoms with Crippen molar-refractivity contribution in [2.24, 2.45) is 11.8 Å². The molecule has 1 rings (SSSR count). The molecule has 0 unspecified atom stereocenters. The number of rotatable bonds is 0. The molecule has 0 aromatic carbocycles. The summed E-state index contributed by atoms with van der Waals surface area (Å²) in [6.45, 7) is 6.37. The minimum atomic E-state index is 0. The van der Waals surface area contributed by atoms with E-state index in [0.717, 1.165) is 11.8 Å². The zero-order chi connectivity index (χ0) is 5.98. The van der Waals surface area contributed by atoms with Gasteiger partial charge in [0.05, 0.1) is 0 Å². The van der Waals surface area contributed by atoms with Crippen LogP contribution in [0.3, 0.4) is 0 Å². The normalized spacial score (nSPS) is 31.8. The molecular weight excluding hydrogens is 200 g/mol. The van der Waals surface area contributed by atoms with Crippen LogP contribution in [0.1, 0.15) is 32.6 Å². The molecule has 0 nitrogen and oxygen atoms in total. The van der Waals surface area contributed by atoms with E-state index in [0.29, 0.717) is 0 Å². The maximum atomic E-state index is 4.03. The summed E-state index contributed by atoms with van der Waals surface area (Å²) in [5, 5.41) is 0. The standard InChI is InChI=1S/C8H15.BrH.Mg/c1-7-3-5-8(2)6-4-7;;/h7-8H,1,3-6H2,2H3;1H;/q-1;;+2/p-1. The first kappa shape index (κ1) is 13.8. The molecule has 2 heteroatoms. The van der Waals surface area contributed by atoms with Crippen molar-refractivity contribution in [1.29, 1.82) is 0 Å². The van der Waals surface area contributed by atoms with Crippen molar-refractivity contribution in [3.8, 4) is 0 Å². The van der Waals surface area contributed by atoms with Crippen molar-refractivity contribution in [3.05, 3.63) is 6.92 Å². The van der Waals surface area contributed by atoms with E-state index in [-0.39, 0.29) is 40.0 Å². The van der Waals surface area contributed by atoms with Gasteiger partial charge in [-0.05, 0) is 5.92 Å². The molecule has 0 spiro atoms. The third-order valence-corrected chi connectivity index (χ3v) is 2.14. The molecule has 0 radical (unpaired) electrons. The molecule has 0 aliphatic heterocycles. The van der Waals surface area contributed by atoms with Gasteiger partial charge in [-0.3, -0.25) is 0 Å². The second-order valence-electron chi connectivity index (χ2n) is 3.13. The van der Waals surface area contributed by atoms with Crippen LogP contribution in [0.5, 0.6) is 0 Å². The molecule has 0 amide bonds. The summed E-state index contributed by atoms with van der Waals surface area (Å²) in [4.78, 5) is 0. The van der Waals surface area contributed by atoms with Gasteiger partial charge in [0.2, 0.25) is 0 Å². The van der Waals surface area contributed by atoms with Crippen molar-refractivity contribution < 1.29 is 17.0 Å². The molecule has 56 valence electrons. The van der Waals surface area contributed by atoms with E-state index in [2.05, 4.69) is 13.8 Å². The Morgan fingerprint density at radius 3 is 1.80 bits per heavy atom. The summed E-state index contributed by atoms with van der Waals surface area (Å²) < 4.78 is 0. The monoisotopic (exact) mass is 214 g/mol. The second kappa shape index (κ2) is 6.93. The fourth-order valence-corrected chi connectivity index (χ4v) is 1.33. The van der Waals surface area contributed by atoms with Crippen LogP contribution >= 0.6 is 0 Å². The van der Waals surface area contributed by atoms with Crippen molar-refractivity contribution in [3.63, 3.8) is 0 Å². The number of hydrogen-bond donors (Lipinski definition) is 0. The van der Waals surface area contributed by atoms with Gasteiger partial charge in [-0.15, -0.1) is 0 Å². The van der Waals surface area contributed by atoms with E-state index in [9.17, 15) is 0 Å². The maximum Gasteiger partial charge on any atom is 2.00 e.